The summed E-state index contributed by atoms with van der Waals surface area (Å²) in [5.41, 5.74) is 1.10. The Hall–Kier alpha value is -0.0400. The van der Waals surface area contributed by atoms with Crippen LogP contribution in [0.1, 0.15) is 85.0 Å². The maximum atomic E-state index is 10.3. The molecule has 4 fully saturated rings. The lowest BCUT2D eigenvalue weighted by Gasteiger charge is -2.60. The van der Waals surface area contributed by atoms with Crippen molar-refractivity contribution in [3.8, 4) is 0 Å². The largest absolute Gasteiger partial charge is 0.393 e. The number of hydrogen-bond acceptors (Lipinski definition) is 1. The van der Waals surface area contributed by atoms with Gasteiger partial charge in [0.1, 0.15) is 0 Å². The first kappa shape index (κ1) is 15.5. The van der Waals surface area contributed by atoms with Crippen LogP contribution in [0.2, 0.25) is 0 Å². The van der Waals surface area contributed by atoms with Crippen molar-refractivity contribution in [1.82, 2.24) is 0 Å². The third-order valence-corrected chi connectivity index (χ3v) is 9.24. The molecule has 0 amide bonds. The van der Waals surface area contributed by atoms with Gasteiger partial charge in [-0.05, 0) is 98.7 Å². The van der Waals surface area contributed by atoms with Crippen LogP contribution in [0.15, 0.2) is 0 Å². The third kappa shape index (κ3) is 2.00. The SMILES string of the molecule is CC(O)C1CCC2C3CCC4CCCCC4(C)C3CCC12C. The Morgan fingerprint density at radius 1 is 0.818 bits per heavy atom. The van der Waals surface area contributed by atoms with Crippen LogP contribution in [0.25, 0.3) is 0 Å². The molecule has 4 saturated carbocycles. The molecule has 0 radical (unpaired) electrons. The molecule has 0 saturated heterocycles. The van der Waals surface area contributed by atoms with Gasteiger partial charge in [-0.25, -0.2) is 0 Å². The summed E-state index contributed by atoms with van der Waals surface area (Å²) >= 11 is 0. The standard InChI is InChI=1S/C21H36O/c1-14(22)17-9-10-18-16-8-7-15-6-4-5-12-20(15,2)19(16)11-13-21(17,18)3/h14-19,22H,4-13H2,1-3H3. The van der Waals surface area contributed by atoms with E-state index in [4.69, 9.17) is 0 Å². The lowest BCUT2D eigenvalue weighted by molar-refractivity contribution is -0.118. The number of rotatable bonds is 1. The van der Waals surface area contributed by atoms with Gasteiger partial charge in [0.25, 0.3) is 0 Å². The van der Waals surface area contributed by atoms with Crippen molar-refractivity contribution in [3.05, 3.63) is 0 Å². The van der Waals surface area contributed by atoms with E-state index < -0.39 is 0 Å². The minimum atomic E-state index is -0.104. The molecule has 0 heterocycles. The van der Waals surface area contributed by atoms with E-state index in [0.29, 0.717) is 16.7 Å². The van der Waals surface area contributed by atoms with Gasteiger partial charge in [-0.3, -0.25) is 0 Å². The van der Waals surface area contributed by atoms with E-state index in [1.165, 1.54) is 64.2 Å². The van der Waals surface area contributed by atoms with Crippen LogP contribution >= 0.6 is 0 Å². The topological polar surface area (TPSA) is 20.2 Å². The number of hydrogen-bond donors (Lipinski definition) is 1. The van der Waals surface area contributed by atoms with Gasteiger partial charge in [0.05, 0.1) is 6.10 Å². The molecule has 4 aliphatic carbocycles. The van der Waals surface area contributed by atoms with E-state index in [9.17, 15) is 5.11 Å². The second-order valence-corrected chi connectivity index (χ2v) is 9.87. The molecule has 1 nitrogen and oxygen atoms in total. The molecule has 4 rings (SSSR count). The molecule has 0 aromatic heterocycles. The summed E-state index contributed by atoms with van der Waals surface area (Å²) in [4.78, 5) is 0. The fourth-order valence-electron chi connectivity index (χ4n) is 8.13. The highest BCUT2D eigenvalue weighted by molar-refractivity contribution is 5.09. The lowest BCUT2D eigenvalue weighted by Crippen LogP contribution is -2.53. The molecule has 22 heavy (non-hydrogen) atoms. The van der Waals surface area contributed by atoms with Gasteiger partial charge in [-0.2, -0.15) is 0 Å². The van der Waals surface area contributed by atoms with Crippen LogP contribution < -0.4 is 0 Å². The van der Waals surface area contributed by atoms with Crippen LogP contribution in [0.4, 0.5) is 0 Å². The average molecular weight is 305 g/mol. The summed E-state index contributed by atoms with van der Waals surface area (Å²) in [6, 6.07) is 0. The van der Waals surface area contributed by atoms with Crippen molar-refractivity contribution in [1.29, 1.82) is 0 Å². The highest BCUT2D eigenvalue weighted by Gasteiger charge is 2.60. The lowest BCUT2D eigenvalue weighted by atomic mass is 9.45. The molecule has 126 valence electrons. The van der Waals surface area contributed by atoms with E-state index in [0.717, 1.165) is 23.7 Å². The minimum Gasteiger partial charge on any atom is -0.393 e. The Morgan fingerprint density at radius 3 is 2.36 bits per heavy atom. The zero-order valence-electron chi connectivity index (χ0n) is 15.0. The molecular formula is C21H36O. The number of fused-ring (bicyclic) bond motifs is 5. The van der Waals surface area contributed by atoms with Crippen LogP contribution in [0.5, 0.6) is 0 Å². The molecule has 0 aromatic rings. The zero-order valence-corrected chi connectivity index (χ0v) is 15.0. The van der Waals surface area contributed by atoms with Crippen molar-refractivity contribution in [2.45, 2.75) is 91.1 Å². The maximum Gasteiger partial charge on any atom is 0.0545 e. The highest BCUT2D eigenvalue weighted by atomic mass is 16.3. The van der Waals surface area contributed by atoms with E-state index >= 15 is 0 Å². The molecule has 0 bridgehead atoms. The van der Waals surface area contributed by atoms with Crippen molar-refractivity contribution >= 4 is 0 Å². The van der Waals surface area contributed by atoms with Crippen LogP contribution in [0.3, 0.4) is 0 Å². The zero-order chi connectivity index (χ0) is 15.5. The van der Waals surface area contributed by atoms with E-state index in [-0.39, 0.29) is 6.10 Å². The minimum absolute atomic E-state index is 0.104. The van der Waals surface area contributed by atoms with E-state index in [1.807, 2.05) is 6.92 Å². The first-order valence-electron chi connectivity index (χ1n) is 10.1. The predicted molar refractivity (Wildman–Crippen MR) is 91.5 cm³/mol. The Kier molecular flexibility index (Phi) is 3.68. The molecule has 8 unspecified atom stereocenters. The van der Waals surface area contributed by atoms with Crippen molar-refractivity contribution < 1.29 is 5.11 Å². The van der Waals surface area contributed by atoms with Gasteiger partial charge < -0.3 is 5.11 Å². The quantitative estimate of drug-likeness (QED) is 0.686. The summed E-state index contributed by atoms with van der Waals surface area (Å²) in [7, 11) is 0. The molecule has 1 heteroatoms. The summed E-state index contributed by atoms with van der Waals surface area (Å²) in [5, 5.41) is 10.3. The first-order chi connectivity index (χ1) is 10.5. The Bertz CT molecular complexity index is 430. The van der Waals surface area contributed by atoms with Crippen LogP contribution in [-0.2, 0) is 0 Å². The smallest absolute Gasteiger partial charge is 0.0545 e. The van der Waals surface area contributed by atoms with Gasteiger partial charge in [-0.1, -0.05) is 26.7 Å². The van der Waals surface area contributed by atoms with Gasteiger partial charge in [0, 0.05) is 0 Å². The summed E-state index contributed by atoms with van der Waals surface area (Å²) in [6.07, 6.45) is 14.4. The average Bonchev–Trinajstić information content (AvgIpc) is 2.84. The van der Waals surface area contributed by atoms with Gasteiger partial charge in [0.2, 0.25) is 0 Å². The van der Waals surface area contributed by atoms with Gasteiger partial charge >= 0.3 is 0 Å². The number of aliphatic hydroxyl groups is 1. The fourth-order valence-corrected chi connectivity index (χ4v) is 8.13. The monoisotopic (exact) mass is 304 g/mol. The fraction of sp³-hybridized carbons (Fsp3) is 1.00. The molecular weight excluding hydrogens is 268 g/mol. The van der Waals surface area contributed by atoms with E-state index in [1.54, 1.807) is 0 Å². The van der Waals surface area contributed by atoms with Crippen LogP contribution in [-0.4, -0.2) is 11.2 Å². The van der Waals surface area contributed by atoms with E-state index in [2.05, 4.69) is 13.8 Å². The highest BCUT2D eigenvalue weighted by Crippen LogP contribution is 2.67. The third-order valence-electron chi connectivity index (χ3n) is 9.24. The predicted octanol–water partition coefficient (Wildman–Crippen LogP) is 5.42. The molecule has 0 aliphatic heterocycles. The van der Waals surface area contributed by atoms with Crippen LogP contribution in [0, 0.1) is 40.4 Å². The summed E-state index contributed by atoms with van der Waals surface area (Å²) in [5.74, 6) is 4.47. The molecule has 1 N–H and O–H groups in total. The molecule has 4 aliphatic rings. The molecule has 8 atom stereocenters. The first-order valence-corrected chi connectivity index (χ1v) is 10.1. The summed E-state index contributed by atoms with van der Waals surface area (Å²) < 4.78 is 0. The van der Waals surface area contributed by atoms with Gasteiger partial charge in [-0.15, -0.1) is 0 Å². The Labute approximate surface area is 137 Å². The molecule has 0 aromatic carbocycles. The molecule has 0 spiro atoms. The van der Waals surface area contributed by atoms with Crippen molar-refractivity contribution in [2.24, 2.45) is 40.4 Å². The summed E-state index contributed by atoms with van der Waals surface area (Å²) in [6.45, 7) is 7.24. The Morgan fingerprint density at radius 2 is 1.59 bits per heavy atom. The number of aliphatic hydroxyl groups excluding tert-OH is 1. The van der Waals surface area contributed by atoms with Gasteiger partial charge in [0.15, 0.2) is 0 Å². The normalized spacial score (nSPS) is 55.9. The Balaban J connectivity index is 1.62. The van der Waals surface area contributed by atoms with Crippen molar-refractivity contribution in [2.75, 3.05) is 0 Å². The maximum absolute atomic E-state index is 10.3. The second kappa shape index (κ2) is 5.23. The van der Waals surface area contributed by atoms with Crippen molar-refractivity contribution in [3.63, 3.8) is 0 Å². The second-order valence-electron chi connectivity index (χ2n) is 9.87.